The van der Waals surface area contributed by atoms with Gasteiger partial charge in [0.15, 0.2) is 0 Å². The molecule has 2 aromatic carbocycles. The topological polar surface area (TPSA) is 106 Å². The Morgan fingerprint density at radius 3 is 2.31 bits per heavy atom. The van der Waals surface area contributed by atoms with Gasteiger partial charge in [0.1, 0.15) is 23.1 Å². The lowest BCUT2D eigenvalue weighted by atomic mass is 10.0. The maximum Gasteiger partial charge on any atom is 0.411 e. The Labute approximate surface area is 255 Å². The van der Waals surface area contributed by atoms with Gasteiger partial charge in [0, 0.05) is 48.9 Å². The van der Waals surface area contributed by atoms with Crippen molar-refractivity contribution in [3.05, 3.63) is 40.5 Å². The van der Waals surface area contributed by atoms with Crippen LogP contribution in [0.15, 0.2) is 30.5 Å². The second-order valence-corrected chi connectivity index (χ2v) is 12.3. The van der Waals surface area contributed by atoms with Crippen LogP contribution in [0.1, 0.15) is 40.0 Å². The zero-order valence-electron chi connectivity index (χ0n) is 24.4. The average Bonchev–Trinajstić information content (AvgIpc) is 3.63. The largest absolute Gasteiger partial charge is 0.495 e. The number of aromatic nitrogens is 2. The van der Waals surface area contributed by atoms with Gasteiger partial charge < -0.3 is 24.4 Å². The summed E-state index contributed by atoms with van der Waals surface area (Å²) < 4.78 is 16.5. The number of hydrogen-bond acceptors (Lipinski definition) is 8. The van der Waals surface area contributed by atoms with Gasteiger partial charge in [-0.1, -0.05) is 29.3 Å². The van der Waals surface area contributed by atoms with E-state index in [4.69, 9.17) is 42.4 Å². The molecule has 2 atom stereocenters. The van der Waals surface area contributed by atoms with Crippen LogP contribution in [0.5, 0.6) is 11.5 Å². The quantitative estimate of drug-likeness (QED) is 0.358. The predicted molar refractivity (Wildman–Crippen MR) is 163 cm³/mol. The Morgan fingerprint density at radius 1 is 1.02 bits per heavy atom. The lowest BCUT2D eigenvalue weighted by Crippen LogP contribution is -2.48. The number of rotatable bonds is 6. The van der Waals surface area contributed by atoms with Crippen molar-refractivity contribution in [2.75, 3.05) is 39.2 Å². The van der Waals surface area contributed by atoms with E-state index in [0.29, 0.717) is 64.6 Å². The first-order chi connectivity index (χ1) is 20.0. The zero-order chi connectivity index (χ0) is 30.2. The third-order valence-corrected chi connectivity index (χ3v) is 8.16. The minimum Gasteiger partial charge on any atom is -0.495 e. The van der Waals surface area contributed by atoms with Crippen LogP contribution in [0, 0.1) is 0 Å². The van der Waals surface area contributed by atoms with E-state index in [-0.39, 0.29) is 11.9 Å². The van der Waals surface area contributed by atoms with E-state index >= 15 is 0 Å². The number of ether oxygens (including phenoxy) is 3. The fraction of sp³-hybridized carbons (Fsp3) is 0.467. The van der Waals surface area contributed by atoms with Crippen LogP contribution >= 0.6 is 23.2 Å². The molecule has 12 heteroatoms. The summed E-state index contributed by atoms with van der Waals surface area (Å²) in [6.07, 6.45) is 3.60. The van der Waals surface area contributed by atoms with Crippen molar-refractivity contribution in [2.45, 2.75) is 57.7 Å². The molecule has 0 saturated carbocycles. The summed E-state index contributed by atoms with van der Waals surface area (Å²) in [7, 11) is 3.06. The summed E-state index contributed by atoms with van der Waals surface area (Å²) in [6.45, 7) is 7.17. The van der Waals surface area contributed by atoms with Crippen molar-refractivity contribution >= 4 is 52.1 Å². The highest BCUT2D eigenvalue weighted by molar-refractivity contribution is 6.41. The molecule has 2 aliphatic rings. The molecule has 1 aromatic heterocycles. The Morgan fingerprint density at radius 2 is 1.69 bits per heavy atom. The van der Waals surface area contributed by atoms with E-state index in [9.17, 15) is 9.59 Å². The van der Waals surface area contributed by atoms with Crippen molar-refractivity contribution in [2.24, 2.45) is 0 Å². The molecule has 224 valence electrons. The van der Waals surface area contributed by atoms with Gasteiger partial charge in [-0.25, -0.2) is 14.8 Å². The van der Waals surface area contributed by atoms with Crippen LogP contribution in [0.2, 0.25) is 10.0 Å². The monoisotopic (exact) mass is 615 g/mol. The SMILES string of the molecule is COc1cc(OC)c(Cl)c(-c2ccc3nc(N[C@H]4C[C@@H](C(=O)N5CCCC5)N(C(=O)OC(C)(C)C)C4)ncc3c2)c1Cl. The molecule has 2 fully saturated rings. The Balaban J connectivity index is 1.38. The summed E-state index contributed by atoms with van der Waals surface area (Å²) >= 11 is 13.2. The van der Waals surface area contributed by atoms with Crippen LogP contribution in [0.4, 0.5) is 10.7 Å². The van der Waals surface area contributed by atoms with Crippen LogP contribution in [-0.2, 0) is 9.53 Å². The number of hydrogen-bond donors (Lipinski definition) is 1. The Kier molecular flexibility index (Phi) is 8.57. The summed E-state index contributed by atoms with van der Waals surface area (Å²) in [4.78, 5) is 39.0. The van der Waals surface area contributed by atoms with Gasteiger partial charge in [-0.2, -0.15) is 0 Å². The number of methoxy groups -OCH3 is 2. The maximum atomic E-state index is 13.4. The van der Waals surface area contributed by atoms with E-state index in [2.05, 4.69) is 10.3 Å². The lowest BCUT2D eigenvalue weighted by Gasteiger charge is -2.29. The second kappa shape index (κ2) is 12.0. The minimum absolute atomic E-state index is 0.0406. The molecule has 3 heterocycles. The molecule has 2 saturated heterocycles. The predicted octanol–water partition coefficient (Wildman–Crippen LogP) is 6.03. The van der Waals surface area contributed by atoms with Crippen LogP contribution < -0.4 is 14.8 Å². The first-order valence-corrected chi connectivity index (χ1v) is 14.7. The molecule has 0 spiro atoms. The summed E-state index contributed by atoms with van der Waals surface area (Å²) in [5, 5.41) is 4.85. The summed E-state index contributed by atoms with van der Waals surface area (Å²) in [6, 6.07) is 6.44. The van der Waals surface area contributed by atoms with E-state index in [0.717, 1.165) is 23.8 Å². The van der Waals surface area contributed by atoms with Crippen molar-refractivity contribution in [3.8, 4) is 22.6 Å². The number of anilines is 1. The van der Waals surface area contributed by atoms with Gasteiger partial charge in [-0.3, -0.25) is 9.69 Å². The molecule has 2 amide bonds. The van der Waals surface area contributed by atoms with E-state index in [1.165, 1.54) is 19.1 Å². The number of amides is 2. The number of fused-ring (bicyclic) bond motifs is 1. The number of carbonyl (C=O) groups excluding carboxylic acids is 2. The highest BCUT2D eigenvalue weighted by Gasteiger charge is 2.43. The number of nitrogens with one attached hydrogen (secondary N) is 1. The number of likely N-dealkylation sites (tertiary alicyclic amines) is 2. The fourth-order valence-corrected chi connectivity index (χ4v) is 6.14. The number of halogens is 2. The van der Waals surface area contributed by atoms with Crippen LogP contribution in [-0.4, -0.2) is 83.3 Å². The van der Waals surface area contributed by atoms with Gasteiger partial charge in [0.2, 0.25) is 11.9 Å². The van der Waals surface area contributed by atoms with Crippen molar-refractivity contribution in [1.29, 1.82) is 0 Å². The van der Waals surface area contributed by atoms with Crippen LogP contribution in [0.25, 0.3) is 22.0 Å². The fourth-order valence-electron chi connectivity index (χ4n) is 5.43. The smallest absolute Gasteiger partial charge is 0.411 e. The highest BCUT2D eigenvalue weighted by atomic mass is 35.5. The molecule has 3 aromatic rings. The number of benzene rings is 2. The standard InChI is InChI=1S/C30H35Cl2N5O5/c1-30(2,3)42-29(39)37-16-19(13-21(37)27(38)36-10-6-7-11-36)34-28-33-15-18-12-17(8-9-20(18)35-28)24-25(31)22(40-4)14-23(41-5)26(24)32/h8-9,12,14-15,19,21H,6-7,10-11,13,16H2,1-5H3,(H,33,34,35)/t19-,21-/m0/s1. The molecule has 1 N–H and O–H groups in total. The minimum atomic E-state index is -0.672. The van der Waals surface area contributed by atoms with Gasteiger partial charge in [-0.05, 0) is 57.7 Å². The molecule has 5 rings (SSSR count). The zero-order valence-corrected chi connectivity index (χ0v) is 25.9. The maximum absolute atomic E-state index is 13.4. The van der Waals surface area contributed by atoms with E-state index < -0.39 is 17.7 Å². The first-order valence-electron chi connectivity index (χ1n) is 13.9. The molecular formula is C30H35Cl2N5O5. The molecule has 2 aliphatic heterocycles. The summed E-state index contributed by atoms with van der Waals surface area (Å²) in [5.41, 5.74) is 1.37. The third kappa shape index (κ3) is 6.15. The normalized spacial score (nSPS) is 18.8. The van der Waals surface area contributed by atoms with Crippen molar-refractivity contribution in [1.82, 2.24) is 19.8 Å². The summed E-state index contributed by atoms with van der Waals surface area (Å²) in [5.74, 6) is 1.25. The Hall–Kier alpha value is -3.50. The Bertz CT molecular complexity index is 1480. The molecule has 0 unspecified atom stereocenters. The van der Waals surface area contributed by atoms with Crippen LogP contribution in [0.3, 0.4) is 0 Å². The van der Waals surface area contributed by atoms with Crippen molar-refractivity contribution in [3.63, 3.8) is 0 Å². The van der Waals surface area contributed by atoms with Crippen molar-refractivity contribution < 1.29 is 23.8 Å². The highest BCUT2D eigenvalue weighted by Crippen LogP contribution is 2.46. The molecular weight excluding hydrogens is 581 g/mol. The van der Waals surface area contributed by atoms with E-state index in [1.807, 2.05) is 43.9 Å². The first kappa shape index (κ1) is 30.0. The average molecular weight is 617 g/mol. The number of nitrogens with zero attached hydrogens (tertiary/aromatic N) is 4. The van der Waals surface area contributed by atoms with Gasteiger partial charge >= 0.3 is 6.09 Å². The molecule has 0 aliphatic carbocycles. The second-order valence-electron chi connectivity index (χ2n) is 11.5. The molecule has 10 nitrogen and oxygen atoms in total. The van der Waals surface area contributed by atoms with Gasteiger partial charge in [0.25, 0.3) is 0 Å². The van der Waals surface area contributed by atoms with E-state index in [1.54, 1.807) is 12.3 Å². The molecule has 42 heavy (non-hydrogen) atoms. The van der Waals surface area contributed by atoms with Gasteiger partial charge in [0.05, 0.1) is 29.8 Å². The lowest BCUT2D eigenvalue weighted by molar-refractivity contribution is -0.134. The molecule has 0 radical (unpaired) electrons. The molecule has 0 bridgehead atoms. The van der Waals surface area contributed by atoms with Gasteiger partial charge in [-0.15, -0.1) is 0 Å². The third-order valence-electron chi connectivity index (χ3n) is 7.41. The number of carbonyl (C=O) groups is 2.